The van der Waals surface area contributed by atoms with E-state index in [1.165, 1.54) is 0 Å². The average Bonchev–Trinajstić information content (AvgIpc) is 3.03. The van der Waals surface area contributed by atoms with Crippen LogP contribution in [0.4, 0.5) is 0 Å². The number of benzene rings is 1. The predicted molar refractivity (Wildman–Crippen MR) is 90.4 cm³/mol. The van der Waals surface area contributed by atoms with Crippen LogP contribution in [0, 0.1) is 0 Å². The van der Waals surface area contributed by atoms with E-state index in [9.17, 15) is 4.79 Å². The van der Waals surface area contributed by atoms with Crippen molar-refractivity contribution in [2.45, 2.75) is 31.8 Å². The molecule has 1 aromatic carbocycles. The molecule has 0 radical (unpaired) electrons. The first kappa shape index (κ1) is 16.0. The molecule has 122 valence electrons. The van der Waals surface area contributed by atoms with E-state index in [0.717, 1.165) is 37.2 Å². The molecule has 2 N–H and O–H groups in total. The number of halogens is 1. The minimum Gasteiger partial charge on any atom is -0.350 e. The van der Waals surface area contributed by atoms with Crippen molar-refractivity contribution in [3.63, 3.8) is 0 Å². The van der Waals surface area contributed by atoms with Gasteiger partial charge in [-0.2, -0.15) is 5.10 Å². The van der Waals surface area contributed by atoms with Crippen molar-refractivity contribution in [1.82, 2.24) is 20.4 Å². The molecule has 23 heavy (non-hydrogen) atoms. The van der Waals surface area contributed by atoms with Crippen molar-refractivity contribution in [2.24, 2.45) is 0 Å². The minimum atomic E-state index is -0.0568. The van der Waals surface area contributed by atoms with Crippen LogP contribution in [0.3, 0.4) is 0 Å². The first-order chi connectivity index (χ1) is 11.2. The predicted octanol–water partition coefficient (Wildman–Crippen LogP) is 2.32. The Kier molecular flexibility index (Phi) is 5.31. The first-order valence-electron chi connectivity index (χ1n) is 7.96. The van der Waals surface area contributed by atoms with Crippen LogP contribution in [-0.4, -0.2) is 28.8 Å². The SMILES string of the molecule is O=C(Cn1nccc1[C@H]1CCCNC1)NCc1ccccc1Cl. The molecule has 1 fully saturated rings. The van der Waals surface area contributed by atoms with Crippen LogP contribution < -0.4 is 10.6 Å². The van der Waals surface area contributed by atoms with Crippen molar-refractivity contribution in [1.29, 1.82) is 0 Å². The normalized spacial score (nSPS) is 17.9. The van der Waals surface area contributed by atoms with Crippen molar-refractivity contribution in [2.75, 3.05) is 13.1 Å². The Bertz CT molecular complexity index is 664. The Morgan fingerprint density at radius 2 is 2.26 bits per heavy atom. The number of hydrogen-bond acceptors (Lipinski definition) is 3. The summed E-state index contributed by atoms with van der Waals surface area (Å²) in [4.78, 5) is 12.2. The topological polar surface area (TPSA) is 59.0 Å². The summed E-state index contributed by atoms with van der Waals surface area (Å²) in [5.41, 5.74) is 2.05. The maximum Gasteiger partial charge on any atom is 0.242 e. The summed E-state index contributed by atoms with van der Waals surface area (Å²) in [5, 5.41) is 11.3. The second kappa shape index (κ2) is 7.62. The zero-order valence-corrected chi connectivity index (χ0v) is 13.7. The van der Waals surface area contributed by atoms with Crippen LogP contribution in [0.15, 0.2) is 36.5 Å². The lowest BCUT2D eigenvalue weighted by Crippen LogP contribution is -2.32. The van der Waals surface area contributed by atoms with E-state index < -0.39 is 0 Å². The largest absolute Gasteiger partial charge is 0.350 e. The monoisotopic (exact) mass is 332 g/mol. The van der Waals surface area contributed by atoms with Gasteiger partial charge in [0.25, 0.3) is 0 Å². The zero-order chi connectivity index (χ0) is 16.1. The van der Waals surface area contributed by atoms with Gasteiger partial charge in [0.15, 0.2) is 0 Å². The van der Waals surface area contributed by atoms with Gasteiger partial charge in [0, 0.05) is 35.9 Å². The van der Waals surface area contributed by atoms with Gasteiger partial charge in [-0.15, -0.1) is 0 Å². The molecule has 5 nitrogen and oxygen atoms in total. The average molecular weight is 333 g/mol. The van der Waals surface area contributed by atoms with Crippen molar-refractivity contribution >= 4 is 17.5 Å². The van der Waals surface area contributed by atoms with E-state index >= 15 is 0 Å². The van der Waals surface area contributed by atoms with Gasteiger partial charge < -0.3 is 10.6 Å². The maximum atomic E-state index is 12.2. The number of rotatable bonds is 5. The molecule has 2 heterocycles. The van der Waals surface area contributed by atoms with E-state index in [2.05, 4.69) is 15.7 Å². The van der Waals surface area contributed by atoms with Gasteiger partial charge in [-0.05, 0) is 37.1 Å². The lowest BCUT2D eigenvalue weighted by molar-refractivity contribution is -0.122. The van der Waals surface area contributed by atoms with Gasteiger partial charge in [0.1, 0.15) is 6.54 Å². The standard InChI is InChI=1S/C17H21ClN4O/c18-15-6-2-1-4-13(15)11-20-17(23)12-22-16(7-9-21-22)14-5-3-8-19-10-14/h1-2,4,6-7,9,14,19H,3,5,8,10-12H2,(H,20,23)/t14-/m0/s1. The molecule has 6 heteroatoms. The molecular weight excluding hydrogens is 312 g/mol. The lowest BCUT2D eigenvalue weighted by Gasteiger charge is -2.23. The van der Waals surface area contributed by atoms with Crippen LogP contribution in [0.2, 0.25) is 5.02 Å². The van der Waals surface area contributed by atoms with Crippen molar-refractivity contribution < 1.29 is 4.79 Å². The highest BCUT2D eigenvalue weighted by Crippen LogP contribution is 2.22. The third-order valence-corrected chi connectivity index (χ3v) is 4.56. The Hall–Kier alpha value is -1.85. The van der Waals surface area contributed by atoms with Gasteiger partial charge >= 0.3 is 0 Å². The second-order valence-corrected chi connectivity index (χ2v) is 6.23. The fourth-order valence-corrected chi connectivity index (χ4v) is 3.16. The number of hydrogen-bond donors (Lipinski definition) is 2. The minimum absolute atomic E-state index is 0.0568. The third kappa shape index (κ3) is 4.12. The Balaban J connectivity index is 1.58. The van der Waals surface area contributed by atoms with E-state index in [0.29, 0.717) is 17.5 Å². The quantitative estimate of drug-likeness (QED) is 0.883. The smallest absolute Gasteiger partial charge is 0.242 e. The lowest BCUT2D eigenvalue weighted by atomic mass is 9.96. The number of piperidine rings is 1. The van der Waals surface area contributed by atoms with Gasteiger partial charge in [-0.1, -0.05) is 29.8 Å². The van der Waals surface area contributed by atoms with Crippen molar-refractivity contribution in [3.05, 3.63) is 52.8 Å². The molecule has 3 rings (SSSR count). The van der Waals surface area contributed by atoms with Crippen LogP contribution in [0.5, 0.6) is 0 Å². The van der Waals surface area contributed by atoms with Crippen LogP contribution >= 0.6 is 11.6 Å². The number of carbonyl (C=O) groups excluding carboxylic acids is 1. The highest BCUT2D eigenvalue weighted by atomic mass is 35.5. The van der Waals surface area contributed by atoms with E-state index in [1.54, 1.807) is 10.9 Å². The Labute approximate surface area is 141 Å². The fourth-order valence-electron chi connectivity index (χ4n) is 2.95. The molecule has 0 unspecified atom stereocenters. The van der Waals surface area contributed by atoms with Crippen LogP contribution in [-0.2, 0) is 17.9 Å². The molecule has 1 aliphatic rings. The summed E-state index contributed by atoms with van der Waals surface area (Å²) in [6.07, 6.45) is 4.07. The molecule has 1 saturated heterocycles. The number of nitrogens with zero attached hydrogens (tertiary/aromatic N) is 2. The molecule has 1 aliphatic heterocycles. The molecule has 0 saturated carbocycles. The molecular formula is C17H21ClN4O. The summed E-state index contributed by atoms with van der Waals surface area (Å²) >= 11 is 6.10. The molecule has 1 amide bonds. The van der Waals surface area contributed by atoms with E-state index in [-0.39, 0.29) is 12.5 Å². The summed E-state index contributed by atoms with van der Waals surface area (Å²) in [5.74, 6) is 0.376. The Morgan fingerprint density at radius 3 is 3.04 bits per heavy atom. The number of nitrogens with one attached hydrogen (secondary N) is 2. The zero-order valence-electron chi connectivity index (χ0n) is 13.0. The van der Waals surface area contributed by atoms with Crippen molar-refractivity contribution in [3.8, 4) is 0 Å². The van der Waals surface area contributed by atoms with E-state index in [4.69, 9.17) is 11.6 Å². The highest BCUT2D eigenvalue weighted by Gasteiger charge is 2.19. The number of aromatic nitrogens is 2. The molecule has 1 aromatic heterocycles. The summed E-state index contributed by atoms with van der Waals surface area (Å²) < 4.78 is 1.81. The number of carbonyl (C=O) groups is 1. The van der Waals surface area contributed by atoms with Crippen LogP contribution in [0.1, 0.15) is 30.0 Å². The molecule has 0 aliphatic carbocycles. The van der Waals surface area contributed by atoms with Gasteiger partial charge in [0.05, 0.1) is 0 Å². The molecule has 0 bridgehead atoms. The van der Waals surface area contributed by atoms with Gasteiger partial charge in [-0.25, -0.2) is 0 Å². The second-order valence-electron chi connectivity index (χ2n) is 5.83. The molecule has 1 atom stereocenters. The summed E-state index contributed by atoms with van der Waals surface area (Å²) in [7, 11) is 0. The van der Waals surface area contributed by atoms with Gasteiger partial charge in [-0.3, -0.25) is 9.48 Å². The van der Waals surface area contributed by atoms with Gasteiger partial charge in [0.2, 0.25) is 5.91 Å². The molecule has 2 aromatic rings. The summed E-state index contributed by atoms with van der Waals surface area (Å²) in [6, 6.07) is 9.54. The highest BCUT2D eigenvalue weighted by molar-refractivity contribution is 6.31. The first-order valence-corrected chi connectivity index (χ1v) is 8.34. The number of amides is 1. The summed E-state index contributed by atoms with van der Waals surface area (Å²) in [6.45, 7) is 2.69. The third-order valence-electron chi connectivity index (χ3n) is 4.19. The van der Waals surface area contributed by atoms with Crippen LogP contribution in [0.25, 0.3) is 0 Å². The Morgan fingerprint density at radius 1 is 1.39 bits per heavy atom. The fraction of sp³-hybridized carbons (Fsp3) is 0.412. The van der Waals surface area contributed by atoms with E-state index in [1.807, 2.05) is 30.3 Å². The molecule has 0 spiro atoms. The maximum absolute atomic E-state index is 12.2.